The van der Waals surface area contributed by atoms with Crippen LogP contribution in [0.4, 0.5) is 0 Å². The van der Waals surface area contributed by atoms with Crippen LogP contribution in [-0.2, 0) is 24.7 Å². The van der Waals surface area contributed by atoms with Crippen molar-refractivity contribution in [1.82, 2.24) is 15.1 Å². The van der Waals surface area contributed by atoms with Gasteiger partial charge >= 0.3 is 5.63 Å². The molecule has 7 nitrogen and oxygen atoms in total. The molecule has 1 aliphatic carbocycles. The molecule has 1 aliphatic rings. The minimum Gasteiger partial charge on any atom is -0.483 e. The Morgan fingerprint density at radius 3 is 2.79 bits per heavy atom. The molecule has 0 spiro atoms. The van der Waals surface area contributed by atoms with Crippen LogP contribution in [0.3, 0.4) is 0 Å². The van der Waals surface area contributed by atoms with Crippen molar-refractivity contribution in [2.24, 2.45) is 7.05 Å². The SMILES string of the molecule is Cc1c(OCC(=O)NC(C)c2cnn(C)c2)ccc2c3c(c(=O)oc12)CCCC3. The van der Waals surface area contributed by atoms with E-state index < -0.39 is 0 Å². The second-order valence-electron chi connectivity index (χ2n) is 7.64. The molecule has 1 unspecified atom stereocenters. The average Bonchev–Trinajstić information content (AvgIpc) is 3.15. The summed E-state index contributed by atoms with van der Waals surface area (Å²) in [6.07, 6.45) is 7.37. The van der Waals surface area contributed by atoms with E-state index in [1.807, 2.05) is 39.2 Å². The van der Waals surface area contributed by atoms with Crippen molar-refractivity contribution in [2.45, 2.75) is 45.6 Å². The number of benzene rings is 1. The number of nitrogens with one attached hydrogen (secondary N) is 1. The number of ether oxygens (including phenoxy) is 1. The monoisotopic (exact) mass is 395 g/mol. The van der Waals surface area contributed by atoms with Gasteiger partial charge < -0.3 is 14.5 Å². The Kier molecular flexibility index (Phi) is 5.13. The largest absolute Gasteiger partial charge is 0.483 e. The highest BCUT2D eigenvalue weighted by molar-refractivity contribution is 5.86. The zero-order valence-electron chi connectivity index (χ0n) is 16.9. The number of carbonyl (C=O) groups is 1. The fraction of sp³-hybridized carbons (Fsp3) is 0.409. The molecule has 7 heteroatoms. The molecule has 0 saturated heterocycles. The molecule has 0 aliphatic heterocycles. The summed E-state index contributed by atoms with van der Waals surface area (Å²) in [4.78, 5) is 24.7. The second-order valence-corrected chi connectivity index (χ2v) is 7.64. The van der Waals surface area contributed by atoms with Gasteiger partial charge in [0.05, 0.1) is 12.2 Å². The summed E-state index contributed by atoms with van der Waals surface area (Å²) in [5.74, 6) is 0.313. The summed E-state index contributed by atoms with van der Waals surface area (Å²) in [5.41, 5.74) is 3.86. The van der Waals surface area contributed by atoms with E-state index in [4.69, 9.17) is 9.15 Å². The quantitative estimate of drug-likeness (QED) is 0.671. The third-order valence-corrected chi connectivity index (χ3v) is 5.55. The lowest BCUT2D eigenvalue weighted by atomic mass is 9.90. The van der Waals surface area contributed by atoms with Gasteiger partial charge in [-0.05, 0) is 57.2 Å². The maximum atomic E-state index is 12.4. The summed E-state index contributed by atoms with van der Waals surface area (Å²) in [5, 5.41) is 7.98. The number of hydrogen-bond donors (Lipinski definition) is 1. The Morgan fingerprint density at radius 1 is 1.31 bits per heavy atom. The van der Waals surface area contributed by atoms with Crippen molar-refractivity contribution >= 4 is 16.9 Å². The van der Waals surface area contributed by atoms with Crippen molar-refractivity contribution in [3.05, 3.63) is 57.2 Å². The summed E-state index contributed by atoms with van der Waals surface area (Å²) in [6.45, 7) is 3.63. The summed E-state index contributed by atoms with van der Waals surface area (Å²) < 4.78 is 13.0. The number of nitrogens with zero attached hydrogens (tertiary/aromatic N) is 2. The van der Waals surface area contributed by atoms with Gasteiger partial charge in [0, 0.05) is 35.3 Å². The van der Waals surface area contributed by atoms with Crippen LogP contribution in [0.25, 0.3) is 11.0 Å². The molecule has 0 bridgehead atoms. The van der Waals surface area contributed by atoms with Crippen LogP contribution >= 0.6 is 0 Å². The Hall–Kier alpha value is -3.09. The number of fused-ring (bicyclic) bond motifs is 3. The maximum absolute atomic E-state index is 12.4. The number of hydrogen-bond acceptors (Lipinski definition) is 5. The van der Waals surface area contributed by atoms with Crippen LogP contribution in [0.15, 0.2) is 33.7 Å². The zero-order chi connectivity index (χ0) is 20.5. The molecule has 4 rings (SSSR count). The van der Waals surface area contributed by atoms with E-state index >= 15 is 0 Å². The minimum absolute atomic E-state index is 0.119. The Bertz CT molecular complexity index is 1130. The molecular weight excluding hydrogens is 370 g/mol. The molecule has 2 aromatic heterocycles. The highest BCUT2D eigenvalue weighted by atomic mass is 16.5. The molecule has 29 heavy (non-hydrogen) atoms. The lowest BCUT2D eigenvalue weighted by molar-refractivity contribution is -0.123. The molecular formula is C22H25N3O4. The van der Waals surface area contributed by atoms with E-state index in [2.05, 4.69) is 10.4 Å². The molecule has 0 radical (unpaired) electrons. The van der Waals surface area contributed by atoms with Crippen LogP contribution in [0.2, 0.25) is 0 Å². The molecule has 0 fully saturated rings. The van der Waals surface area contributed by atoms with E-state index in [-0.39, 0.29) is 24.2 Å². The van der Waals surface area contributed by atoms with Gasteiger partial charge in [-0.2, -0.15) is 5.10 Å². The number of aryl methyl sites for hydroxylation is 3. The third-order valence-electron chi connectivity index (χ3n) is 5.55. The van der Waals surface area contributed by atoms with Crippen molar-refractivity contribution in [3.8, 4) is 5.75 Å². The van der Waals surface area contributed by atoms with Crippen molar-refractivity contribution < 1.29 is 13.9 Å². The van der Waals surface area contributed by atoms with Crippen LogP contribution in [0.5, 0.6) is 5.75 Å². The summed E-state index contributed by atoms with van der Waals surface area (Å²) >= 11 is 0. The van der Waals surface area contributed by atoms with Gasteiger partial charge in [0.15, 0.2) is 6.61 Å². The van der Waals surface area contributed by atoms with Gasteiger partial charge in [0.2, 0.25) is 0 Å². The lowest BCUT2D eigenvalue weighted by Crippen LogP contribution is -2.31. The molecule has 1 N–H and O–H groups in total. The Morgan fingerprint density at radius 2 is 2.07 bits per heavy atom. The first-order chi connectivity index (χ1) is 13.9. The highest BCUT2D eigenvalue weighted by Gasteiger charge is 2.20. The van der Waals surface area contributed by atoms with Gasteiger partial charge in [-0.1, -0.05) is 0 Å². The maximum Gasteiger partial charge on any atom is 0.339 e. The second kappa shape index (κ2) is 7.73. The molecule has 3 aromatic rings. The van der Waals surface area contributed by atoms with Crippen LogP contribution in [0.1, 0.15) is 48.1 Å². The van der Waals surface area contributed by atoms with Crippen molar-refractivity contribution in [1.29, 1.82) is 0 Å². The van der Waals surface area contributed by atoms with Crippen LogP contribution in [-0.4, -0.2) is 22.3 Å². The number of aromatic nitrogens is 2. The van der Waals surface area contributed by atoms with E-state index in [9.17, 15) is 9.59 Å². The first kappa shape index (κ1) is 19.2. The fourth-order valence-corrected chi connectivity index (χ4v) is 3.95. The molecule has 1 aromatic carbocycles. The van der Waals surface area contributed by atoms with Crippen molar-refractivity contribution in [2.75, 3.05) is 6.61 Å². The number of carbonyl (C=O) groups excluding carboxylic acids is 1. The fourth-order valence-electron chi connectivity index (χ4n) is 3.95. The van der Waals surface area contributed by atoms with Crippen LogP contribution in [0, 0.1) is 6.92 Å². The van der Waals surface area contributed by atoms with Gasteiger partial charge in [-0.15, -0.1) is 0 Å². The number of rotatable bonds is 5. The normalized spacial score (nSPS) is 14.4. The predicted molar refractivity (Wildman–Crippen MR) is 109 cm³/mol. The van der Waals surface area contributed by atoms with E-state index in [0.717, 1.165) is 53.3 Å². The zero-order valence-corrected chi connectivity index (χ0v) is 16.9. The lowest BCUT2D eigenvalue weighted by Gasteiger charge is -2.18. The Balaban J connectivity index is 1.50. The molecule has 0 saturated carbocycles. The average molecular weight is 395 g/mol. The van der Waals surface area contributed by atoms with E-state index in [1.54, 1.807) is 10.9 Å². The first-order valence-corrected chi connectivity index (χ1v) is 9.93. The predicted octanol–water partition coefficient (Wildman–Crippen LogP) is 2.97. The number of amides is 1. The van der Waals surface area contributed by atoms with Gasteiger partial charge in [0.25, 0.3) is 5.91 Å². The van der Waals surface area contributed by atoms with E-state index in [0.29, 0.717) is 11.3 Å². The smallest absolute Gasteiger partial charge is 0.339 e. The topological polar surface area (TPSA) is 86.4 Å². The van der Waals surface area contributed by atoms with Gasteiger partial charge in [-0.3, -0.25) is 9.48 Å². The minimum atomic E-state index is -0.254. The molecule has 1 amide bonds. The molecule has 152 valence electrons. The van der Waals surface area contributed by atoms with Gasteiger partial charge in [0.1, 0.15) is 11.3 Å². The first-order valence-electron chi connectivity index (χ1n) is 9.93. The Labute approximate surface area is 168 Å². The van der Waals surface area contributed by atoms with Crippen molar-refractivity contribution in [3.63, 3.8) is 0 Å². The third kappa shape index (κ3) is 3.77. The van der Waals surface area contributed by atoms with Gasteiger partial charge in [-0.25, -0.2) is 4.79 Å². The molecule has 1 atom stereocenters. The van der Waals surface area contributed by atoms with E-state index in [1.165, 1.54) is 0 Å². The standard InChI is InChI=1S/C22H25N3O4/c1-13-19(28-12-20(26)24-14(2)15-10-23-25(3)11-15)9-8-17-16-6-4-5-7-18(16)22(27)29-21(13)17/h8-11,14H,4-7,12H2,1-3H3,(H,24,26). The molecule has 2 heterocycles. The summed E-state index contributed by atoms with van der Waals surface area (Å²) in [7, 11) is 1.83. The highest BCUT2D eigenvalue weighted by Crippen LogP contribution is 2.32. The van der Waals surface area contributed by atoms with Crippen LogP contribution < -0.4 is 15.7 Å². The summed E-state index contributed by atoms with van der Waals surface area (Å²) in [6, 6.07) is 3.62.